The number of aromatic nitrogens is 2. The zero-order valence-electron chi connectivity index (χ0n) is 8.14. The summed E-state index contributed by atoms with van der Waals surface area (Å²) in [6.45, 7) is -1.25. The summed E-state index contributed by atoms with van der Waals surface area (Å²) in [5, 5.41) is 4.19. The molecule has 0 amide bonds. The molecule has 1 rings (SSSR count). The number of halogens is 4. The van der Waals surface area contributed by atoms with Crippen LogP contribution in [0, 0.1) is 0 Å². The van der Waals surface area contributed by atoms with Crippen molar-refractivity contribution in [3.05, 3.63) is 5.82 Å². The highest BCUT2D eigenvalue weighted by Crippen LogP contribution is 2.55. The molecule has 1 N–H and O–H groups in total. The Morgan fingerprint density at radius 2 is 2.28 bits per heavy atom. The molecule has 18 heavy (non-hydrogen) atoms. The molecule has 100 valence electrons. The molecule has 0 unspecified atom stereocenters. The topological polar surface area (TPSA) is 93.5 Å². The fourth-order valence-corrected chi connectivity index (χ4v) is 2.88. The van der Waals surface area contributed by atoms with E-state index in [9.17, 15) is 13.8 Å². The van der Waals surface area contributed by atoms with Gasteiger partial charge in [0.15, 0.2) is 0 Å². The molecule has 1 aromatic rings. The molecule has 0 aliphatic heterocycles. The largest absolute Gasteiger partial charge is 0.361 e. The first-order chi connectivity index (χ1) is 8.33. The minimum atomic E-state index is -3.60. The number of nitrogens with one attached hydrogen (secondary N) is 1. The van der Waals surface area contributed by atoms with E-state index >= 15 is 0 Å². The van der Waals surface area contributed by atoms with Crippen LogP contribution in [-0.2, 0) is 14.2 Å². The molecular weight excluding hydrogens is 352 g/mol. The van der Waals surface area contributed by atoms with Gasteiger partial charge >= 0.3 is 6.00 Å². The number of hydrogen-bond donors (Lipinski definition) is 1. The fraction of sp³-hybridized carbons (Fsp3) is 0.200. The van der Waals surface area contributed by atoms with Gasteiger partial charge in [0.1, 0.15) is 0 Å². The molecule has 0 bridgehead atoms. The SMILES string of the molecule is O=C(Cl)/C(=N\OCF)c1nsc(NP(=O)(Cl)Cl)n1. The Morgan fingerprint density at radius 1 is 1.61 bits per heavy atom. The number of anilines is 1. The number of carbonyl (C=O) groups excluding carboxylic acids is 1. The molecular formula is C5H3Cl3FN4O3PS. The van der Waals surface area contributed by atoms with Crippen LogP contribution in [0.3, 0.4) is 0 Å². The second kappa shape index (κ2) is 6.63. The maximum absolute atomic E-state index is 11.8. The lowest BCUT2D eigenvalue weighted by atomic mass is 10.4. The summed E-state index contributed by atoms with van der Waals surface area (Å²) in [4.78, 5) is 18.7. The first-order valence-electron chi connectivity index (χ1n) is 3.91. The average Bonchev–Trinajstić information content (AvgIpc) is 2.63. The second-order valence-corrected chi connectivity index (χ2v) is 8.07. The summed E-state index contributed by atoms with van der Waals surface area (Å²) < 4.78 is 26.5. The maximum atomic E-state index is 11.8. The standard InChI is InChI=1S/C5H3Cl3FN4O3PS/c6-3(14)2(11-16-1-9)4-10-5(18-13-4)12-17(7,8)15/h1H2,(H,10,12,13,15)/b11-2+. The van der Waals surface area contributed by atoms with Crippen LogP contribution in [0.25, 0.3) is 0 Å². The van der Waals surface area contributed by atoms with Gasteiger partial charge in [0.25, 0.3) is 12.1 Å². The maximum Gasteiger partial charge on any atom is 0.345 e. The summed E-state index contributed by atoms with van der Waals surface area (Å²) in [5.74, 6) is -3.83. The number of hydrogen-bond acceptors (Lipinski definition) is 7. The van der Waals surface area contributed by atoms with E-state index < -0.39 is 23.8 Å². The van der Waals surface area contributed by atoms with Crippen molar-refractivity contribution in [2.24, 2.45) is 5.16 Å². The van der Waals surface area contributed by atoms with Crippen LogP contribution in [-0.4, -0.2) is 27.2 Å². The lowest BCUT2D eigenvalue weighted by Gasteiger charge is -1.99. The highest BCUT2D eigenvalue weighted by Gasteiger charge is 2.21. The predicted octanol–water partition coefficient (Wildman–Crippen LogP) is 2.95. The Kier molecular flexibility index (Phi) is 5.74. The first-order valence-corrected chi connectivity index (χ1v) is 8.58. The molecule has 0 aliphatic rings. The van der Waals surface area contributed by atoms with E-state index in [1.165, 1.54) is 0 Å². The molecule has 1 aromatic heterocycles. The quantitative estimate of drug-likeness (QED) is 0.365. The van der Waals surface area contributed by atoms with Gasteiger partial charge in [0.05, 0.1) is 0 Å². The van der Waals surface area contributed by atoms with Gasteiger partial charge in [-0.3, -0.25) is 14.4 Å². The minimum absolute atomic E-state index is 0.0239. The van der Waals surface area contributed by atoms with Crippen LogP contribution in [0.4, 0.5) is 9.52 Å². The van der Waals surface area contributed by atoms with Crippen LogP contribution >= 0.6 is 51.6 Å². The van der Waals surface area contributed by atoms with E-state index in [2.05, 4.69) is 24.4 Å². The van der Waals surface area contributed by atoms with Crippen molar-refractivity contribution in [1.82, 2.24) is 9.36 Å². The zero-order valence-corrected chi connectivity index (χ0v) is 12.1. The highest BCUT2D eigenvalue weighted by molar-refractivity contribution is 8.09. The summed E-state index contributed by atoms with van der Waals surface area (Å²) >= 11 is 16.4. The Bertz CT molecular complexity index is 520. The van der Waals surface area contributed by atoms with E-state index in [-0.39, 0.29) is 11.0 Å². The van der Waals surface area contributed by atoms with Crippen LogP contribution in [0.1, 0.15) is 5.82 Å². The van der Waals surface area contributed by atoms with E-state index in [0.29, 0.717) is 11.5 Å². The molecule has 0 aromatic carbocycles. The summed E-state index contributed by atoms with van der Waals surface area (Å²) in [5.41, 5.74) is -0.502. The third-order valence-electron chi connectivity index (χ3n) is 1.25. The number of oxime groups is 1. The number of rotatable bonds is 6. The van der Waals surface area contributed by atoms with Gasteiger partial charge < -0.3 is 4.84 Å². The molecule has 0 atom stereocenters. The summed E-state index contributed by atoms with van der Waals surface area (Å²) in [7, 11) is 0. The van der Waals surface area contributed by atoms with Gasteiger partial charge in [-0.15, -0.1) is 0 Å². The van der Waals surface area contributed by atoms with Crippen LogP contribution in [0.5, 0.6) is 0 Å². The van der Waals surface area contributed by atoms with E-state index in [1.54, 1.807) is 0 Å². The monoisotopic (exact) mass is 354 g/mol. The van der Waals surface area contributed by atoms with Crippen molar-refractivity contribution in [2.75, 3.05) is 11.9 Å². The lowest BCUT2D eigenvalue weighted by molar-refractivity contribution is -0.106. The fourth-order valence-electron chi connectivity index (χ4n) is 0.730. The van der Waals surface area contributed by atoms with Crippen molar-refractivity contribution in [1.29, 1.82) is 0 Å². The van der Waals surface area contributed by atoms with Crippen molar-refractivity contribution in [3.8, 4) is 0 Å². The van der Waals surface area contributed by atoms with E-state index in [4.69, 9.17) is 34.1 Å². The molecule has 7 nitrogen and oxygen atoms in total. The van der Waals surface area contributed by atoms with Gasteiger partial charge in [-0.05, 0) is 34.1 Å². The van der Waals surface area contributed by atoms with Crippen molar-refractivity contribution in [3.63, 3.8) is 0 Å². The van der Waals surface area contributed by atoms with Crippen molar-refractivity contribution >= 4 is 67.7 Å². The number of alkyl halides is 1. The molecule has 0 aliphatic carbocycles. The number of carbonyl (C=O) groups is 1. The van der Waals surface area contributed by atoms with Crippen molar-refractivity contribution < 1.29 is 18.6 Å². The molecule has 0 fully saturated rings. The van der Waals surface area contributed by atoms with Gasteiger partial charge in [-0.2, -0.15) is 9.36 Å². The molecule has 0 spiro atoms. The van der Waals surface area contributed by atoms with E-state index in [1.807, 2.05) is 0 Å². The van der Waals surface area contributed by atoms with Gasteiger partial charge in [0.2, 0.25) is 16.7 Å². The zero-order chi connectivity index (χ0) is 13.8. The molecule has 1 heterocycles. The third-order valence-corrected chi connectivity index (χ3v) is 3.19. The van der Waals surface area contributed by atoms with Gasteiger partial charge in [-0.25, -0.2) is 4.39 Å². The average molecular weight is 356 g/mol. The van der Waals surface area contributed by atoms with Crippen LogP contribution in [0.2, 0.25) is 0 Å². The highest BCUT2D eigenvalue weighted by atomic mass is 35.9. The molecule has 13 heteroatoms. The Morgan fingerprint density at radius 3 is 2.78 bits per heavy atom. The first kappa shape index (κ1) is 15.6. The Balaban J connectivity index is 2.95. The smallest absolute Gasteiger partial charge is 0.345 e. The van der Waals surface area contributed by atoms with Gasteiger partial charge in [0, 0.05) is 11.5 Å². The normalized spacial score (nSPS) is 12.3. The summed E-state index contributed by atoms with van der Waals surface area (Å²) in [6.07, 6.45) is 0. The van der Waals surface area contributed by atoms with E-state index in [0.717, 1.165) is 0 Å². The lowest BCUT2D eigenvalue weighted by Crippen LogP contribution is -2.12. The summed E-state index contributed by atoms with van der Waals surface area (Å²) in [6, 6.07) is 0. The molecule has 0 saturated carbocycles. The number of nitrogens with zero attached hydrogens (tertiary/aromatic N) is 3. The predicted molar refractivity (Wildman–Crippen MR) is 67.3 cm³/mol. The Hall–Kier alpha value is -0.470. The molecule has 0 radical (unpaired) electrons. The van der Waals surface area contributed by atoms with Crippen LogP contribution in [0.15, 0.2) is 5.16 Å². The minimum Gasteiger partial charge on any atom is -0.361 e. The Labute approximate surface area is 118 Å². The van der Waals surface area contributed by atoms with Crippen LogP contribution < -0.4 is 5.09 Å². The van der Waals surface area contributed by atoms with Crippen molar-refractivity contribution in [2.45, 2.75) is 0 Å². The second-order valence-electron chi connectivity index (χ2n) is 2.45. The third kappa shape index (κ3) is 5.03. The van der Waals surface area contributed by atoms with Gasteiger partial charge in [-0.1, -0.05) is 5.16 Å². The molecule has 0 saturated heterocycles.